The van der Waals surface area contributed by atoms with Crippen molar-refractivity contribution in [3.05, 3.63) is 205 Å². The molecule has 4 N–H and O–H groups in total. The molecule has 2 aliphatic heterocycles. The van der Waals surface area contributed by atoms with Crippen molar-refractivity contribution < 1.29 is 52.8 Å². The van der Waals surface area contributed by atoms with Crippen LogP contribution in [0.2, 0.25) is 0 Å². The summed E-state index contributed by atoms with van der Waals surface area (Å²) in [7, 11) is -7.16. The van der Waals surface area contributed by atoms with Crippen molar-refractivity contribution in [3.8, 4) is 56.8 Å². The van der Waals surface area contributed by atoms with Crippen LogP contribution in [0.15, 0.2) is 194 Å². The van der Waals surface area contributed by atoms with Crippen LogP contribution in [0.4, 0.5) is 11.4 Å². The van der Waals surface area contributed by atoms with Crippen LogP contribution in [0.25, 0.3) is 22.3 Å². The van der Waals surface area contributed by atoms with E-state index in [4.69, 9.17) is 23.3 Å². The van der Waals surface area contributed by atoms with Gasteiger partial charge in [0.2, 0.25) is 0 Å². The Hall–Kier alpha value is -7.34. The molecular formula is C58H54N2O11P2. The molecule has 13 nitrogen and oxygen atoms in total. The van der Waals surface area contributed by atoms with Crippen LogP contribution >= 0.6 is 14.7 Å². The lowest BCUT2D eigenvalue weighted by Gasteiger charge is -2.34. The highest BCUT2D eigenvalue weighted by Crippen LogP contribution is 2.57. The Kier molecular flexibility index (Phi) is 14.7. The molecule has 2 aliphatic rings. The molecule has 8 aromatic carbocycles. The van der Waals surface area contributed by atoms with Gasteiger partial charge in [0.25, 0.3) is 14.7 Å². The molecule has 0 spiro atoms. The highest BCUT2D eigenvalue weighted by atomic mass is 31.2. The van der Waals surface area contributed by atoms with Gasteiger partial charge in [-0.1, -0.05) is 109 Å². The van der Waals surface area contributed by atoms with Gasteiger partial charge >= 0.3 is 0 Å². The molecule has 73 heavy (non-hydrogen) atoms. The smallest absolute Gasteiger partial charge is 0.296 e. The molecule has 372 valence electrons. The first-order valence-corrected chi connectivity index (χ1v) is 27.5. The maximum Gasteiger partial charge on any atom is 0.296 e. The molecule has 15 heteroatoms. The molecule has 4 atom stereocenters. The van der Waals surface area contributed by atoms with Gasteiger partial charge in [-0.3, -0.25) is 9.13 Å². The molecule has 0 amide bonds. The first-order chi connectivity index (χ1) is 35.6. The Balaban J connectivity index is 0.932. The van der Waals surface area contributed by atoms with E-state index in [1.54, 1.807) is 12.1 Å². The minimum absolute atomic E-state index is 0.0153. The number of nitrogens with zero attached hydrogens (tertiary/aromatic N) is 2. The van der Waals surface area contributed by atoms with Gasteiger partial charge in [-0.15, -0.1) is 0 Å². The molecular weight excluding hydrogens is 963 g/mol. The first kappa shape index (κ1) is 49.2. The van der Waals surface area contributed by atoms with Crippen molar-refractivity contribution >= 4 is 36.7 Å². The van der Waals surface area contributed by atoms with Crippen molar-refractivity contribution in [1.29, 1.82) is 0 Å². The number of aliphatic hydroxyl groups excluding tert-OH is 4. The zero-order chi connectivity index (χ0) is 50.4. The molecule has 0 saturated heterocycles. The van der Waals surface area contributed by atoms with E-state index < -0.39 is 40.2 Å². The summed E-state index contributed by atoms with van der Waals surface area (Å²) in [5.74, 6) is 3.21. The number of fused-ring (bicyclic) bond motifs is 6. The van der Waals surface area contributed by atoms with E-state index in [2.05, 4.69) is 0 Å². The number of hydrogen-bond acceptors (Lipinski definition) is 13. The number of rotatable bonds is 20. The average Bonchev–Trinajstić information content (AvgIpc) is 3.42. The number of hydrogen-bond donors (Lipinski definition) is 4. The second kappa shape index (κ2) is 21.8. The molecule has 0 bridgehead atoms. The summed E-state index contributed by atoms with van der Waals surface area (Å²) in [6.07, 6.45) is -2.09. The fourth-order valence-electron chi connectivity index (χ4n) is 9.08. The molecule has 8 aromatic rings. The van der Waals surface area contributed by atoms with Crippen LogP contribution in [0.3, 0.4) is 0 Å². The molecule has 0 saturated carbocycles. The van der Waals surface area contributed by atoms with Crippen LogP contribution in [-0.2, 0) is 22.2 Å². The van der Waals surface area contributed by atoms with Crippen molar-refractivity contribution in [3.63, 3.8) is 0 Å². The van der Waals surface area contributed by atoms with E-state index in [-0.39, 0.29) is 38.9 Å². The van der Waals surface area contributed by atoms with Gasteiger partial charge in [-0.25, -0.2) is 0 Å². The van der Waals surface area contributed by atoms with Crippen molar-refractivity contribution in [1.82, 2.24) is 0 Å². The van der Waals surface area contributed by atoms with Crippen molar-refractivity contribution in [2.75, 3.05) is 48.8 Å². The van der Waals surface area contributed by atoms with Crippen LogP contribution in [0, 0.1) is 0 Å². The lowest BCUT2D eigenvalue weighted by molar-refractivity contribution is 0.0533. The van der Waals surface area contributed by atoms with E-state index in [1.165, 1.54) is 0 Å². The quantitative estimate of drug-likeness (QED) is 0.0533. The zero-order valence-electron chi connectivity index (χ0n) is 39.7. The van der Waals surface area contributed by atoms with Crippen LogP contribution in [0.5, 0.6) is 34.5 Å². The molecule has 2 heterocycles. The van der Waals surface area contributed by atoms with Gasteiger partial charge in [0.1, 0.15) is 72.5 Å². The van der Waals surface area contributed by atoms with Crippen LogP contribution < -0.4 is 43.7 Å². The van der Waals surface area contributed by atoms with E-state index in [0.717, 1.165) is 44.8 Å². The fraction of sp³-hybridized carbons (Fsp3) is 0.172. The molecule has 0 aliphatic carbocycles. The predicted octanol–water partition coefficient (Wildman–Crippen LogP) is 10.2. The molecule has 0 aromatic heterocycles. The van der Waals surface area contributed by atoms with Crippen molar-refractivity contribution in [2.45, 2.75) is 25.3 Å². The summed E-state index contributed by atoms with van der Waals surface area (Å²) in [4.78, 5) is 3.97. The summed E-state index contributed by atoms with van der Waals surface area (Å²) < 4.78 is 61.9. The topological polar surface area (TPSA) is 168 Å². The van der Waals surface area contributed by atoms with Crippen LogP contribution in [0.1, 0.15) is 11.1 Å². The van der Waals surface area contributed by atoms with E-state index >= 15 is 9.13 Å². The third-order valence-electron chi connectivity index (χ3n) is 12.7. The van der Waals surface area contributed by atoms with E-state index in [9.17, 15) is 20.4 Å². The molecule has 0 fully saturated rings. The van der Waals surface area contributed by atoms with Gasteiger partial charge < -0.3 is 53.5 Å². The second-order valence-corrected chi connectivity index (χ2v) is 22.4. The Morgan fingerprint density at radius 3 is 1.21 bits per heavy atom. The summed E-state index contributed by atoms with van der Waals surface area (Å²) in [6.45, 7) is -0.576. The maximum atomic E-state index is 15.3. The Bertz CT molecular complexity index is 3080. The SMILES string of the molecule is O=P1(CN(Cc2ccccc2OCC(O)CO)c2ccc(Oc3ccc(N(Cc4ccccc4OCC(O)CO)CP4(=O)Oc5ccccc5-c5ccccc54)cc3)cc2)Oc2ccccc2-c2ccccc21. The molecule has 4 unspecified atom stereocenters. The normalized spacial score (nSPS) is 17.0. The number of para-hydroxylation sites is 4. The predicted molar refractivity (Wildman–Crippen MR) is 285 cm³/mol. The summed E-state index contributed by atoms with van der Waals surface area (Å²) in [5, 5.41) is 40.4. The van der Waals surface area contributed by atoms with E-state index in [1.807, 2.05) is 192 Å². The first-order valence-electron chi connectivity index (χ1n) is 23.9. The third-order valence-corrected chi connectivity index (χ3v) is 17.4. The number of aliphatic hydroxyl groups is 4. The largest absolute Gasteiger partial charge is 0.490 e. The average molecular weight is 1020 g/mol. The fourth-order valence-corrected chi connectivity index (χ4v) is 13.8. The third kappa shape index (κ3) is 10.9. The monoisotopic (exact) mass is 1020 g/mol. The summed E-state index contributed by atoms with van der Waals surface area (Å²) in [5.41, 5.74) is 6.46. The highest BCUT2D eigenvalue weighted by Gasteiger charge is 2.39. The van der Waals surface area contributed by atoms with E-state index in [0.29, 0.717) is 45.1 Å². The van der Waals surface area contributed by atoms with Gasteiger partial charge in [0, 0.05) is 46.7 Å². The lowest BCUT2D eigenvalue weighted by Crippen LogP contribution is -2.31. The second-order valence-electron chi connectivity index (χ2n) is 17.8. The minimum atomic E-state index is -3.58. The number of ether oxygens (including phenoxy) is 3. The summed E-state index contributed by atoms with van der Waals surface area (Å²) in [6, 6.07) is 60.3. The molecule has 10 rings (SSSR count). The lowest BCUT2D eigenvalue weighted by atomic mass is 10.0. The van der Waals surface area contributed by atoms with Gasteiger partial charge in [0.05, 0.1) is 23.8 Å². The van der Waals surface area contributed by atoms with Crippen LogP contribution in [-0.4, -0.2) is 71.6 Å². The zero-order valence-corrected chi connectivity index (χ0v) is 41.5. The maximum absolute atomic E-state index is 15.3. The number of benzene rings is 8. The van der Waals surface area contributed by atoms with Gasteiger partial charge in [0.15, 0.2) is 0 Å². The van der Waals surface area contributed by atoms with Gasteiger partial charge in [-0.05, 0) is 96.1 Å². The van der Waals surface area contributed by atoms with Crippen molar-refractivity contribution in [2.24, 2.45) is 0 Å². The minimum Gasteiger partial charge on any atom is -0.490 e. The van der Waals surface area contributed by atoms with Gasteiger partial charge in [-0.2, -0.15) is 0 Å². The number of anilines is 2. The molecule has 0 radical (unpaired) electrons. The standard InChI is InChI=1S/C58H54N2O11P2/c61-35-45(63)37-67-53-19-7-1-13-41(53)33-59(39-72(65)57-23-11-5-17-51(57)49-15-3-9-21-55(49)70-72)43-25-29-47(30-26-43)69-48-31-27-44(28-32-48)60(34-42-14-2-8-20-54(42)68-38-46(64)36-62)40-73(66)58-24-12-6-18-52(58)50-16-4-10-22-56(50)71-73/h1-32,45-46,61-64H,33-40H2. The Morgan fingerprint density at radius 1 is 0.438 bits per heavy atom. The highest BCUT2D eigenvalue weighted by molar-refractivity contribution is 7.68. The summed E-state index contributed by atoms with van der Waals surface area (Å²) >= 11 is 0. The Labute approximate surface area is 423 Å². The Morgan fingerprint density at radius 2 is 0.795 bits per heavy atom.